The topological polar surface area (TPSA) is 49.3 Å². The van der Waals surface area contributed by atoms with Gasteiger partial charge in [-0.2, -0.15) is 0 Å². The van der Waals surface area contributed by atoms with Crippen LogP contribution in [-0.2, 0) is 0 Å². The average Bonchev–Trinajstić information content (AvgIpc) is 2.16. The first-order chi connectivity index (χ1) is 7.50. The number of aromatic carboxylic acids is 1. The molecule has 0 fully saturated rings. The summed E-state index contributed by atoms with van der Waals surface area (Å²) in [7, 11) is 0. The van der Waals surface area contributed by atoms with Crippen LogP contribution in [0.5, 0.6) is 0 Å². The molecular weight excluding hydrogens is 202 g/mol. The van der Waals surface area contributed by atoms with Crippen LogP contribution in [0.25, 0.3) is 0 Å². The van der Waals surface area contributed by atoms with Crippen LogP contribution in [0.2, 0.25) is 0 Å². The highest BCUT2D eigenvalue weighted by molar-refractivity contribution is 5.94. The van der Waals surface area contributed by atoms with E-state index < -0.39 is 5.97 Å². The minimum Gasteiger partial charge on any atom is -0.478 e. The van der Waals surface area contributed by atoms with Crippen molar-refractivity contribution in [3.8, 4) is 0 Å². The molecule has 0 saturated carbocycles. The monoisotopic (exact) mass is 219 g/mol. The first-order valence-corrected chi connectivity index (χ1v) is 5.22. The van der Waals surface area contributed by atoms with Gasteiger partial charge in [0.25, 0.3) is 0 Å². The standard InChI is InChI=1S/C13H17NO2/c1-9(2)6-7-14-12-8-10(3)4-5-11(12)13(15)16/h4-6,8,14H,7H2,1-3H3,(H,15,16). The average molecular weight is 219 g/mol. The zero-order valence-electron chi connectivity index (χ0n) is 9.87. The van der Waals surface area contributed by atoms with Crippen LogP contribution in [0, 0.1) is 6.92 Å². The number of carbonyl (C=O) groups is 1. The van der Waals surface area contributed by atoms with Crippen molar-refractivity contribution in [3.63, 3.8) is 0 Å². The lowest BCUT2D eigenvalue weighted by atomic mass is 10.1. The van der Waals surface area contributed by atoms with Gasteiger partial charge >= 0.3 is 5.97 Å². The van der Waals surface area contributed by atoms with Crippen LogP contribution in [0.1, 0.15) is 29.8 Å². The fourth-order valence-electron chi connectivity index (χ4n) is 1.36. The molecule has 2 N–H and O–H groups in total. The minimum atomic E-state index is -0.903. The van der Waals surface area contributed by atoms with E-state index in [0.717, 1.165) is 5.56 Å². The van der Waals surface area contributed by atoms with Crippen molar-refractivity contribution in [1.82, 2.24) is 0 Å². The van der Waals surface area contributed by atoms with Gasteiger partial charge in [0.2, 0.25) is 0 Å². The first kappa shape index (κ1) is 12.3. The second-order valence-corrected chi connectivity index (χ2v) is 4.02. The molecule has 0 aliphatic heterocycles. The Labute approximate surface area is 95.8 Å². The van der Waals surface area contributed by atoms with Crippen molar-refractivity contribution >= 4 is 11.7 Å². The van der Waals surface area contributed by atoms with Crippen LogP contribution >= 0.6 is 0 Å². The van der Waals surface area contributed by atoms with Gasteiger partial charge < -0.3 is 10.4 Å². The van der Waals surface area contributed by atoms with Crippen LogP contribution in [-0.4, -0.2) is 17.6 Å². The molecule has 0 unspecified atom stereocenters. The summed E-state index contributed by atoms with van der Waals surface area (Å²) >= 11 is 0. The lowest BCUT2D eigenvalue weighted by Crippen LogP contribution is -2.06. The van der Waals surface area contributed by atoms with E-state index in [9.17, 15) is 4.79 Å². The van der Waals surface area contributed by atoms with Gasteiger partial charge in [-0.3, -0.25) is 0 Å². The molecule has 3 nitrogen and oxygen atoms in total. The van der Waals surface area contributed by atoms with E-state index in [4.69, 9.17) is 5.11 Å². The maximum atomic E-state index is 11.0. The number of hydrogen-bond acceptors (Lipinski definition) is 2. The smallest absolute Gasteiger partial charge is 0.337 e. The van der Waals surface area contributed by atoms with E-state index in [1.165, 1.54) is 5.57 Å². The van der Waals surface area contributed by atoms with Crippen LogP contribution in [0.3, 0.4) is 0 Å². The van der Waals surface area contributed by atoms with Gasteiger partial charge in [-0.25, -0.2) is 4.79 Å². The summed E-state index contributed by atoms with van der Waals surface area (Å²) < 4.78 is 0. The van der Waals surface area contributed by atoms with Crippen molar-refractivity contribution in [1.29, 1.82) is 0 Å². The van der Waals surface area contributed by atoms with Crippen molar-refractivity contribution in [2.75, 3.05) is 11.9 Å². The highest BCUT2D eigenvalue weighted by atomic mass is 16.4. The van der Waals surface area contributed by atoms with E-state index >= 15 is 0 Å². The summed E-state index contributed by atoms with van der Waals surface area (Å²) in [5, 5.41) is 12.1. The minimum absolute atomic E-state index is 0.313. The third kappa shape index (κ3) is 3.42. The first-order valence-electron chi connectivity index (χ1n) is 5.22. The number of rotatable bonds is 4. The Morgan fingerprint density at radius 2 is 2.12 bits per heavy atom. The highest BCUT2D eigenvalue weighted by Crippen LogP contribution is 2.17. The molecule has 1 aromatic rings. The largest absolute Gasteiger partial charge is 0.478 e. The van der Waals surface area contributed by atoms with Crippen LogP contribution in [0.4, 0.5) is 5.69 Å². The Bertz CT molecular complexity index is 418. The molecule has 3 heteroatoms. The third-order valence-electron chi connectivity index (χ3n) is 2.21. The summed E-state index contributed by atoms with van der Waals surface area (Å²) in [6.07, 6.45) is 2.02. The van der Waals surface area contributed by atoms with Crippen molar-refractivity contribution < 1.29 is 9.90 Å². The molecule has 0 aromatic heterocycles. The molecule has 0 saturated heterocycles. The molecule has 1 aromatic carbocycles. The zero-order valence-corrected chi connectivity index (χ0v) is 9.87. The molecule has 0 amide bonds. The number of nitrogens with one attached hydrogen (secondary N) is 1. The van der Waals surface area contributed by atoms with Crippen LogP contribution in [0.15, 0.2) is 29.8 Å². The molecule has 16 heavy (non-hydrogen) atoms. The second kappa shape index (κ2) is 5.35. The summed E-state index contributed by atoms with van der Waals surface area (Å²) in [6, 6.07) is 5.28. The second-order valence-electron chi connectivity index (χ2n) is 4.02. The predicted molar refractivity (Wildman–Crippen MR) is 66.1 cm³/mol. The molecule has 0 atom stereocenters. The molecule has 0 radical (unpaired) electrons. The number of carboxylic acid groups (broad SMARTS) is 1. The molecule has 0 spiro atoms. The Kier molecular flexibility index (Phi) is 4.11. The highest BCUT2D eigenvalue weighted by Gasteiger charge is 2.08. The Balaban J connectivity index is 2.88. The molecule has 1 rings (SSSR count). The Hall–Kier alpha value is -1.77. The molecular formula is C13H17NO2. The van der Waals surface area contributed by atoms with Crippen molar-refractivity contribution in [3.05, 3.63) is 41.0 Å². The molecule has 0 bridgehead atoms. The zero-order chi connectivity index (χ0) is 12.1. The fraction of sp³-hybridized carbons (Fsp3) is 0.308. The van der Waals surface area contributed by atoms with E-state index in [1.807, 2.05) is 32.9 Å². The molecule has 0 aliphatic carbocycles. The number of benzene rings is 1. The van der Waals surface area contributed by atoms with E-state index in [1.54, 1.807) is 12.1 Å². The third-order valence-corrected chi connectivity index (χ3v) is 2.21. The number of carboxylic acids is 1. The number of aryl methyl sites for hydroxylation is 1. The number of hydrogen-bond donors (Lipinski definition) is 2. The van der Waals surface area contributed by atoms with Gasteiger partial charge in [0.05, 0.1) is 5.56 Å². The lowest BCUT2D eigenvalue weighted by molar-refractivity contribution is 0.0698. The quantitative estimate of drug-likeness (QED) is 0.765. The van der Waals surface area contributed by atoms with Gasteiger partial charge in [-0.15, -0.1) is 0 Å². The summed E-state index contributed by atoms with van der Waals surface area (Å²) in [4.78, 5) is 11.0. The van der Waals surface area contributed by atoms with Gasteiger partial charge in [0.1, 0.15) is 0 Å². The van der Waals surface area contributed by atoms with Gasteiger partial charge in [0.15, 0.2) is 0 Å². The van der Waals surface area contributed by atoms with Gasteiger partial charge in [0, 0.05) is 12.2 Å². The maximum absolute atomic E-state index is 11.0. The lowest BCUT2D eigenvalue weighted by Gasteiger charge is -2.08. The van der Waals surface area contributed by atoms with Crippen LogP contribution < -0.4 is 5.32 Å². The summed E-state index contributed by atoms with van der Waals surface area (Å²) in [6.45, 7) is 6.61. The summed E-state index contributed by atoms with van der Waals surface area (Å²) in [5.74, 6) is -0.903. The van der Waals surface area contributed by atoms with Gasteiger partial charge in [-0.05, 0) is 38.5 Å². The molecule has 86 valence electrons. The Morgan fingerprint density at radius 1 is 1.44 bits per heavy atom. The number of allylic oxidation sites excluding steroid dienone is 1. The van der Waals surface area contributed by atoms with Crippen molar-refractivity contribution in [2.45, 2.75) is 20.8 Å². The van der Waals surface area contributed by atoms with E-state index in [0.29, 0.717) is 17.8 Å². The fourth-order valence-corrected chi connectivity index (χ4v) is 1.36. The number of anilines is 1. The normalized spacial score (nSPS) is 9.69. The van der Waals surface area contributed by atoms with E-state index in [2.05, 4.69) is 5.32 Å². The maximum Gasteiger partial charge on any atom is 0.337 e. The molecule has 0 aliphatic rings. The molecule has 0 heterocycles. The predicted octanol–water partition coefficient (Wildman–Crippen LogP) is 3.07. The summed E-state index contributed by atoms with van der Waals surface area (Å²) in [5.41, 5.74) is 3.24. The Morgan fingerprint density at radius 3 is 2.69 bits per heavy atom. The van der Waals surface area contributed by atoms with E-state index in [-0.39, 0.29) is 0 Å². The van der Waals surface area contributed by atoms with Gasteiger partial charge in [-0.1, -0.05) is 17.7 Å². The van der Waals surface area contributed by atoms with Crippen molar-refractivity contribution in [2.24, 2.45) is 0 Å². The SMILES string of the molecule is CC(C)=CCNc1cc(C)ccc1C(=O)O.